The van der Waals surface area contributed by atoms with Crippen LogP contribution in [0.25, 0.3) is 0 Å². The SMILES string of the molecule is O=[N+]([O-])c1ccc(Oc2ccc(Br)cc2CBr)cc1Cl. The summed E-state index contributed by atoms with van der Waals surface area (Å²) in [6.07, 6.45) is 0. The average Bonchev–Trinajstić information content (AvgIpc) is 2.40. The number of halogens is 3. The summed E-state index contributed by atoms with van der Waals surface area (Å²) >= 11 is 12.6. The summed E-state index contributed by atoms with van der Waals surface area (Å²) in [7, 11) is 0. The lowest BCUT2D eigenvalue weighted by molar-refractivity contribution is -0.384. The Morgan fingerprint density at radius 2 is 2.00 bits per heavy atom. The minimum Gasteiger partial charge on any atom is -0.457 e. The summed E-state index contributed by atoms with van der Waals surface area (Å²) in [4.78, 5) is 10.2. The normalized spacial score (nSPS) is 10.3. The van der Waals surface area contributed by atoms with Gasteiger partial charge in [-0.05, 0) is 24.3 Å². The second-order valence-corrected chi connectivity index (χ2v) is 5.74. The molecule has 0 aliphatic carbocycles. The van der Waals surface area contributed by atoms with E-state index in [0.717, 1.165) is 10.0 Å². The van der Waals surface area contributed by atoms with Gasteiger partial charge in [-0.3, -0.25) is 10.1 Å². The minimum atomic E-state index is -0.532. The minimum absolute atomic E-state index is 0.0463. The molecule has 0 heterocycles. The molecule has 0 saturated heterocycles. The second kappa shape index (κ2) is 6.56. The number of ether oxygens (including phenoxy) is 1. The Bertz CT molecular complexity index is 664. The highest BCUT2D eigenvalue weighted by Crippen LogP contribution is 2.33. The molecule has 0 saturated carbocycles. The highest BCUT2D eigenvalue weighted by Gasteiger charge is 2.13. The molecular formula is C13H8Br2ClNO3. The Morgan fingerprint density at radius 3 is 2.60 bits per heavy atom. The first-order valence-corrected chi connectivity index (χ1v) is 7.76. The van der Waals surface area contributed by atoms with Crippen molar-refractivity contribution in [2.75, 3.05) is 0 Å². The van der Waals surface area contributed by atoms with Crippen molar-refractivity contribution in [3.05, 3.63) is 61.6 Å². The van der Waals surface area contributed by atoms with Crippen molar-refractivity contribution >= 4 is 49.1 Å². The van der Waals surface area contributed by atoms with E-state index in [4.69, 9.17) is 16.3 Å². The van der Waals surface area contributed by atoms with Gasteiger partial charge in [-0.1, -0.05) is 43.5 Å². The first-order valence-electron chi connectivity index (χ1n) is 5.47. The van der Waals surface area contributed by atoms with E-state index in [1.165, 1.54) is 18.2 Å². The molecule has 0 aromatic heterocycles. The molecule has 104 valence electrons. The van der Waals surface area contributed by atoms with Crippen molar-refractivity contribution in [1.82, 2.24) is 0 Å². The van der Waals surface area contributed by atoms with Gasteiger partial charge in [0, 0.05) is 27.5 Å². The summed E-state index contributed by atoms with van der Waals surface area (Å²) in [6, 6.07) is 9.87. The monoisotopic (exact) mass is 419 g/mol. The summed E-state index contributed by atoms with van der Waals surface area (Å²) in [5, 5.41) is 11.4. The van der Waals surface area contributed by atoms with Gasteiger partial charge in [-0.15, -0.1) is 0 Å². The lowest BCUT2D eigenvalue weighted by Gasteiger charge is -2.10. The predicted molar refractivity (Wildman–Crippen MR) is 85.0 cm³/mol. The van der Waals surface area contributed by atoms with Gasteiger partial charge in [-0.2, -0.15) is 0 Å². The number of nitro groups is 1. The third-order valence-corrected chi connectivity index (χ3v) is 3.91. The van der Waals surface area contributed by atoms with Gasteiger partial charge in [0.05, 0.1) is 4.92 Å². The molecule has 4 nitrogen and oxygen atoms in total. The van der Waals surface area contributed by atoms with E-state index < -0.39 is 4.92 Å². The molecule has 7 heteroatoms. The first-order chi connectivity index (χ1) is 9.51. The fourth-order valence-electron chi connectivity index (χ4n) is 1.58. The molecule has 2 aromatic carbocycles. The van der Waals surface area contributed by atoms with Crippen LogP contribution in [0.3, 0.4) is 0 Å². The van der Waals surface area contributed by atoms with Gasteiger partial charge in [0.1, 0.15) is 16.5 Å². The lowest BCUT2D eigenvalue weighted by Crippen LogP contribution is -1.92. The van der Waals surface area contributed by atoms with Gasteiger partial charge in [-0.25, -0.2) is 0 Å². The Labute approximate surface area is 137 Å². The molecule has 0 fully saturated rings. The van der Waals surface area contributed by atoms with E-state index in [1.54, 1.807) is 0 Å². The molecule has 0 unspecified atom stereocenters. The third kappa shape index (κ3) is 3.50. The molecule has 0 atom stereocenters. The zero-order valence-electron chi connectivity index (χ0n) is 9.98. The zero-order chi connectivity index (χ0) is 14.7. The van der Waals surface area contributed by atoms with Crippen LogP contribution in [-0.2, 0) is 5.33 Å². The van der Waals surface area contributed by atoms with Crippen molar-refractivity contribution in [2.45, 2.75) is 5.33 Å². The van der Waals surface area contributed by atoms with E-state index in [9.17, 15) is 10.1 Å². The summed E-state index contributed by atoms with van der Waals surface area (Å²) < 4.78 is 6.66. The van der Waals surface area contributed by atoms with Gasteiger partial charge in [0.25, 0.3) is 5.69 Å². The molecule has 20 heavy (non-hydrogen) atoms. The summed E-state index contributed by atoms with van der Waals surface area (Å²) in [6.45, 7) is 0. The van der Waals surface area contributed by atoms with Crippen molar-refractivity contribution in [3.8, 4) is 11.5 Å². The maximum Gasteiger partial charge on any atom is 0.288 e. The van der Waals surface area contributed by atoms with Crippen LogP contribution in [-0.4, -0.2) is 4.92 Å². The fourth-order valence-corrected chi connectivity index (χ4v) is 2.66. The van der Waals surface area contributed by atoms with Crippen LogP contribution in [0.1, 0.15) is 5.56 Å². The molecule has 0 bridgehead atoms. The Kier molecular flexibility index (Phi) is 5.01. The molecule has 0 radical (unpaired) electrons. The van der Waals surface area contributed by atoms with Crippen molar-refractivity contribution < 1.29 is 9.66 Å². The molecule has 2 rings (SSSR count). The number of hydrogen-bond donors (Lipinski definition) is 0. The quantitative estimate of drug-likeness (QED) is 0.362. The second-order valence-electron chi connectivity index (χ2n) is 3.86. The highest BCUT2D eigenvalue weighted by molar-refractivity contribution is 9.10. The summed E-state index contributed by atoms with van der Waals surface area (Å²) in [5.74, 6) is 1.11. The molecular weight excluding hydrogens is 413 g/mol. The van der Waals surface area contributed by atoms with E-state index in [0.29, 0.717) is 16.8 Å². The maximum absolute atomic E-state index is 10.7. The number of alkyl halides is 1. The smallest absolute Gasteiger partial charge is 0.288 e. The van der Waals surface area contributed by atoms with Crippen molar-refractivity contribution in [1.29, 1.82) is 0 Å². The molecule has 0 aliphatic rings. The van der Waals surface area contributed by atoms with E-state index in [2.05, 4.69) is 31.9 Å². The summed E-state index contributed by atoms with van der Waals surface area (Å²) in [5.41, 5.74) is 0.810. The average molecular weight is 421 g/mol. The topological polar surface area (TPSA) is 52.4 Å². The van der Waals surface area contributed by atoms with Crippen LogP contribution in [0.4, 0.5) is 5.69 Å². The third-order valence-electron chi connectivity index (χ3n) is 2.51. The molecule has 0 spiro atoms. The number of rotatable bonds is 4. The molecule has 0 amide bonds. The van der Waals surface area contributed by atoms with Crippen LogP contribution in [0.15, 0.2) is 40.9 Å². The molecule has 2 aromatic rings. The van der Waals surface area contributed by atoms with E-state index in [1.807, 2.05) is 18.2 Å². The van der Waals surface area contributed by atoms with E-state index in [-0.39, 0.29) is 10.7 Å². The van der Waals surface area contributed by atoms with Crippen molar-refractivity contribution in [2.24, 2.45) is 0 Å². The first kappa shape index (κ1) is 15.3. The largest absolute Gasteiger partial charge is 0.457 e. The van der Waals surface area contributed by atoms with Crippen LogP contribution in [0, 0.1) is 10.1 Å². The standard InChI is InChI=1S/C13H8Br2ClNO3/c14-7-8-5-9(15)1-4-13(8)20-10-2-3-12(17(18)19)11(16)6-10/h1-6H,7H2. The van der Waals surface area contributed by atoms with Gasteiger partial charge >= 0.3 is 0 Å². The Balaban J connectivity index is 2.31. The number of nitrogens with zero attached hydrogens (tertiary/aromatic N) is 1. The highest BCUT2D eigenvalue weighted by atomic mass is 79.9. The fraction of sp³-hybridized carbons (Fsp3) is 0.0769. The zero-order valence-corrected chi connectivity index (χ0v) is 13.9. The Hall–Kier alpha value is -1.11. The maximum atomic E-state index is 10.7. The van der Waals surface area contributed by atoms with Gasteiger partial charge in [0.15, 0.2) is 0 Å². The van der Waals surface area contributed by atoms with Gasteiger partial charge in [0.2, 0.25) is 0 Å². The van der Waals surface area contributed by atoms with Crippen LogP contribution in [0.5, 0.6) is 11.5 Å². The van der Waals surface area contributed by atoms with Crippen LogP contribution in [0.2, 0.25) is 5.02 Å². The molecule has 0 N–H and O–H groups in total. The number of benzene rings is 2. The van der Waals surface area contributed by atoms with E-state index >= 15 is 0 Å². The predicted octanol–water partition coefficient (Wildman–Crippen LogP) is 5.70. The number of hydrogen-bond acceptors (Lipinski definition) is 3. The van der Waals surface area contributed by atoms with Gasteiger partial charge < -0.3 is 4.74 Å². The van der Waals surface area contributed by atoms with Crippen LogP contribution >= 0.6 is 43.5 Å². The van der Waals surface area contributed by atoms with Crippen molar-refractivity contribution in [3.63, 3.8) is 0 Å². The van der Waals surface area contributed by atoms with Crippen LogP contribution < -0.4 is 4.74 Å². The Morgan fingerprint density at radius 1 is 1.25 bits per heavy atom. The lowest BCUT2D eigenvalue weighted by atomic mass is 10.2. The molecule has 0 aliphatic heterocycles. The number of nitro benzene ring substituents is 1.